The van der Waals surface area contributed by atoms with Crippen LogP contribution >= 0.6 is 12.6 Å². The molecule has 0 bridgehead atoms. The molecule has 1 aromatic carbocycles. The molecule has 0 fully saturated rings. The van der Waals surface area contributed by atoms with Crippen molar-refractivity contribution in [1.29, 1.82) is 0 Å². The van der Waals surface area contributed by atoms with Crippen LogP contribution in [0.3, 0.4) is 0 Å². The number of thiol groups is 1. The molecular weight excluding hydrogens is 242 g/mol. The Labute approximate surface area is 112 Å². The monoisotopic (exact) mass is 257 g/mol. The van der Waals surface area contributed by atoms with Crippen molar-refractivity contribution < 1.29 is 0 Å². The quantitative estimate of drug-likeness (QED) is 0.838. The van der Waals surface area contributed by atoms with Crippen LogP contribution in [0.5, 0.6) is 0 Å². The van der Waals surface area contributed by atoms with Crippen LogP contribution in [0.25, 0.3) is 0 Å². The summed E-state index contributed by atoms with van der Waals surface area (Å²) in [4.78, 5) is 2.28. The molecule has 0 N–H and O–H groups in total. The maximum atomic E-state index is 4.27. The van der Waals surface area contributed by atoms with Crippen LogP contribution in [0.1, 0.15) is 16.8 Å². The highest BCUT2D eigenvalue weighted by molar-refractivity contribution is 7.79. The third-order valence-corrected chi connectivity index (χ3v) is 3.65. The van der Waals surface area contributed by atoms with Crippen molar-refractivity contribution in [3.63, 3.8) is 0 Å². The fraction of sp³-hybridized carbons (Fsp3) is 0.286. The molecule has 92 valence electrons. The zero-order chi connectivity index (χ0) is 12.4. The second-order valence-corrected chi connectivity index (χ2v) is 4.80. The van der Waals surface area contributed by atoms with E-state index in [1.165, 1.54) is 11.1 Å². The highest BCUT2D eigenvalue weighted by Crippen LogP contribution is 2.22. The number of rotatable bonds is 2. The van der Waals surface area contributed by atoms with E-state index in [0.717, 1.165) is 31.0 Å². The van der Waals surface area contributed by atoms with Crippen LogP contribution in [0.15, 0.2) is 36.4 Å². The van der Waals surface area contributed by atoms with Gasteiger partial charge in [0, 0.05) is 18.8 Å². The maximum absolute atomic E-state index is 4.27. The fourth-order valence-electron chi connectivity index (χ4n) is 2.30. The predicted molar refractivity (Wildman–Crippen MR) is 75.9 cm³/mol. The Morgan fingerprint density at radius 2 is 1.89 bits per heavy atom. The van der Waals surface area contributed by atoms with Gasteiger partial charge >= 0.3 is 0 Å². The molecule has 1 aliphatic heterocycles. The van der Waals surface area contributed by atoms with Crippen molar-refractivity contribution in [3.05, 3.63) is 53.2 Å². The van der Waals surface area contributed by atoms with Gasteiger partial charge in [-0.15, -0.1) is 5.10 Å². The predicted octanol–water partition coefficient (Wildman–Crippen LogP) is 2.47. The average Bonchev–Trinajstić information content (AvgIpc) is 2.47. The second-order valence-electron chi connectivity index (χ2n) is 4.48. The Morgan fingerprint density at radius 3 is 2.61 bits per heavy atom. The van der Waals surface area contributed by atoms with E-state index in [0.29, 0.717) is 5.75 Å². The molecule has 1 aliphatic rings. The Bertz CT molecular complexity index is 539. The molecule has 3 nitrogen and oxygen atoms in total. The first-order valence-electron chi connectivity index (χ1n) is 6.12. The van der Waals surface area contributed by atoms with Crippen molar-refractivity contribution in [2.75, 3.05) is 11.4 Å². The number of fused-ring (bicyclic) bond motifs is 1. The van der Waals surface area contributed by atoms with Gasteiger partial charge in [0.1, 0.15) is 0 Å². The summed E-state index contributed by atoms with van der Waals surface area (Å²) in [6.45, 7) is 1.93. The van der Waals surface area contributed by atoms with Gasteiger partial charge in [-0.3, -0.25) is 0 Å². The summed E-state index contributed by atoms with van der Waals surface area (Å²) in [5.74, 6) is 1.59. The second kappa shape index (κ2) is 4.98. The summed E-state index contributed by atoms with van der Waals surface area (Å²) < 4.78 is 0. The normalized spacial score (nSPS) is 14.4. The Morgan fingerprint density at radius 1 is 1.06 bits per heavy atom. The summed E-state index contributed by atoms with van der Waals surface area (Å²) in [7, 11) is 0. The molecule has 3 rings (SSSR count). The minimum absolute atomic E-state index is 0.635. The van der Waals surface area contributed by atoms with Crippen LogP contribution in [0, 0.1) is 0 Å². The Hall–Kier alpha value is -1.55. The molecule has 1 aromatic heterocycles. The van der Waals surface area contributed by atoms with Gasteiger partial charge in [0.15, 0.2) is 5.82 Å². The van der Waals surface area contributed by atoms with Crippen molar-refractivity contribution in [1.82, 2.24) is 10.2 Å². The van der Waals surface area contributed by atoms with Gasteiger partial charge in [-0.05, 0) is 29.7 Å². The van der Waals surface area contributed by atoms with E-state index in [1.807, 2.05) is 12.1 Å². The molecule has 0 saturated carbocycles. The minimum atomic E-state index is 0.635. The van der Waals surface area contributed by atoms with Gasteiger partial charge in [-0.1, -0.05) is 24.3 Å². The topological polar surface area (TPSA) is 29.0 Å². The van der Waals surface area contributed by atoms with E-state index in [1.54, 1.807) is 0 Å². The molecule has 0 aliphatic carbocycles. The van der Waals surface area contributed by atoms with Gasteiger partial charge < -0.3 is 4.90 Å². The summed E-state index contributed by atoms with van der Waals surface area (Å²) >= 11 is 4.19. The Balaban J connectivity index is 1.82. The minimum Gasteiger partial charge on any atom is -0.350 e. The zero-order valence-corrected chi connectivity index (χ0v) is 11.0. The summed E-state index contributed by atoms with van der Waals surface area (Å²) in [5.41, 5.74) is 3.76. The molecule has 4 heteroatoms. The maximum Gasteiger partial charge on any atom is 0.151 e. The SMILES string of the molecule is SCc1ccc(N2CCc3ccccc3C2)nn1. The summed E-state index contributed by atoms with van der Waals surface area (Å²) in [6, 6.07) is 12.6. The smallest absolute Gasteiger partial charge is 0.151 e. The van der Waals surface area contributed by atoms with Gasteiger partial charge in [-0.2, -0.15) is 17.7 Å². The van der Waals surface area contributed by atoms with E-state index in [4.69, 9.17) is 0 Å². The van der Waals surface area contributed by atoms with E-state index in [-0.39, 0.29) is 0 Å². The van der Waals surface area contributed by atoms with Crippen molar-refractivity contribution in [2.24, 2.45) is 0 Å². The standard InChI is InChI=1S/C14H15N3S/c18-10-13-5-6-14(16-15-13)17-8-7-11-3-1-2-4-12(11)9-17/h1-6,18H,7-10H2. The molecular formula is C14H15N3S. The van der Waals surface area contributed by atoms with Gasteiger partial charge in [0.25, 0.3) is 0 Å². The third kappa shape index (κ3) is 2.20. The highest BCUT2D eigenvalue weighted by atomic mass is 32.1. The van der Waals surface area contributed by atoms with Crippen molar-refractivity contribution >= 4 is 18.4 Å². The first-order chi connectivity index (χ1) is 8.86. The molecule has 18 heavy (non-hydrogen) atoms. The van der Waals surface area contributed by atoms with Crippen LogP contribution < -0.4 is 4.90 Å². The molecule has 0 saturated heterocycles. The lowest BCUT2D eigenvalue weighted by Gasteiger charge is -2.29. The van der Waals surface area contributed by atoms with Crippen LogP contribution in [-0.4, -0.2) is 16.7 Å². The lowest BCUT2D eigenvalue weighted by Crippen LogP contribution is -2.31. The van der Waals surface area contributed by atoms with Gasteiger partial charge in [0.05, 0.1) is 5.69 Å². The summed E-state index contributed by atoms with van der Waals surface area (Å²) in [6.07, 6.45) is 1.08. The molecule has 0 radical (unpaired) electrons. The fourth-order valence-corrected chi connectivity index (χ4v) is 2.47. The molecule has 2 heterocycles. The highest BCUT2D eigenvalue weighted by Gasteiger charge is 2.16. The lowest BCUT2D eigenvalue weighted by atomic mass is 10.00. The largest absolute Gasteiger partial charge is 0.350 e. The van der Waals surface area contributed by atoms with Gasteiger partial charge in [0.2, 0.25) is 0 Å². The number of aromatic nitrogens is 2. The van der Waals surface area contributed by atoms with Crippen molar-refractivity contribution in [2.45, 2.75) is 18.7 Å². The average molecular weight is 257 g/mol. The zero-order valence-electron chi connectivity index (χ0n) is 10.1. The van der Waals surface area contributed by atoms with E-state index >= 15 is 0 Å². The molecule has 0 unspecified atom stereocenters. The first-order valence-corrected chi connectivity index (χ1v) is 6.75. The number of benzene rings is 1. The van der Waals surface area contributed by atoms with Crippen LogP contribution in [0.4, 0.5) is 5.82 Å². The number of anilines is 1. The van der Waals surface area contributed by atoms with Crippen LogP contribution in [0.2, 0.25) is 0 Å². The third-order valence-electron chi connectivity index (χ3n) is 3.32. The van der Waals surface area contributed by atoms with E-state index < -0.39 is 0 Å². The molecule has 2 aromatic rings. The molecule has 0 amide bonds. The van der Waals surface area contributed by atoms with Crippen molar-refractivity contribution in [3.8, 4) is 0 Å². The van der Waals surface area contributed by atoms with E-state index in [2.05, 4.69) is 52.0 Å². The molecule has 0 spiro atoms. The number of nitrogens with zero attached hydrogens (tertiary/aromatic N) is 3. The number of hydrogen-bond acceptors (Lipinski definition) is 4. The lowest BCUT2D eigenvalue weighted by molar-refractivity contribution is 0.711. The van der Waals surface area contributed by atoms with Gasteiger partial charge in [-0.25, -0.2) is 0 Å². The molecule has 0 atom stereocenters. The summed E-state index contributed by atoms with van der Waals surface area (Å²) in [5, 5.41) is 8.43. The van der Waals surface area contributed by atoms with E-state index in [9.17, 15) is 0 Å². The first kappa shape index (κ1) is 11.5. The number of hydrogen-bond donors (Lipinski definition) is 1. The Kier molecular flexibility index (Phi) is 3.19. The van der Waals surface area contributed by atoms with Crippen LogP contribution in [-0.2, 0) is 18.7 Å².